The molecule has 1 aliphatic heterocycles. The molecular formula is C26H41Cl2NO3Si. The van der Waals surface area contributed by atoms with Crippen molar-refractivity contribution >= 4 is 37.4 Å². The van der Waals surface area contributed by atoms with E-state index in [0.29, 0.717) is 34.4 Å². The molecule has 7 heteroatoms. The Labute approximate surface area is 211 Å². The molecule has 0 radical (unpaired) electrons. The Balaban J connectivity index is 1.57. The van der Waals surface area contributed by atoms with E-state index in [4.69, 9.17) is 32.4 Å². The third-order valence-corrected chi connectivity index (χ3v) is 12.8. The van der Waals surface area contributed by atoms with Crippen molar-refractivity contribution in [2.45, 2.75) is 110 Å². The largest absolute Gasteiger partial charge is 0.491 e. The van der Waals surface area contributed by atoms with Crippen molar-refractivity contribution in [1.82, 2.24) is 4.90 Å². The van der Waals surface area contributed by atoms with Gasteiger partial charge in [0.1, 0.15) is 5.75 Å². The summed E-state index contributed by atoms with van der Waals surface area (Å²) in [5.41, 5.74) is 0.848. The first kappa shape index (κ1) is 26.8. The van der Waals surface area contributed by atoms with E-state index >= 15 is 0 Å². The summed E-state index contributed by atoms with van der Waals surface area (Å²) in [7, 11) is -1.75. The lowest BCUT2D eigenvalue weighted by atomic mass is 9.92. The molecule has 186 valence electrons. The maximum atomic E-state index is 13.3. The summed E-state index contributed by atoms with van der Waals surface area (Å²) >= 11 is 13.1. The van der Waals surface area contributed by atoms with Crippen LogP contribution < -0.4 is 4.74 Å². The van der Waals surface area contributed by atoms with Gasteiger partial charge in [-0.1, -0.05) is 44.0 Å². The van der Waals surface area contributed by atoms with Crippen molar-refractivity contribution in [3.63, 3.8) is 0 Å². The van der Waals surface area contributed by atoms with E-state index in [2.05, 4.69) is 38.8 Å². The second-order valence-corrected chi connectivity index (χ2v) is 17.1. The number of hydrogen-bond donors (Lipinski definition) is 0. The van der Waals surface area contributed by atoms with E-state index in [0.717, 1.165) is 44.2 Å². The summed E-state index contributed by atoms with van der Waals surface area (Å²) in [5, 5.41) is 1.38. The molecular weight excluding hydrogens is 473 g/mol. The van der Waals surface area contributed by atoms with Crippen LogP contribution in [0.5, 0.6) is 5.75 Å². The first-order valence-corrected chi connectivity index (χ1v) is 16.1. The number of ether oxygens (including phenoxy) is 1. The first-order chi connectivity index (χ1) is 15.3. The first-order valence-electron chi connectivity index (χ1n) is 12.4. The van der Waals surface area contributed by atoms with Crippen LogP contribution in [-0.4, -0.2) is 43.9 Å². The number of rotatable bonds is 7. The number of carbonyl (C=O) groups excluding carboxylic acids is 1. The quantitative estimate of drug-likeness (QED) is 0.354. The van der Waals surface area contributed by atoms with E-state index in [1.54, 1.807) is 0 Å². The number of likely N-dealkylation sites (tertiary alicyclic amines) is 1. The molecule has 1 saturated heterocycles. The van der Waals surface area contributed by atoms with Gasteiger partial charge in [-0.05, 0) is 88.2 Å². The molecule has 33 heavy (non-hydrogen) atoms. The fourth-order valence-electron chi connectivity index (χ4n) is 4.74. The van der Waals surface area contributed by atoms with Crippen LogP contribution >= 0.6 is 23.2 Å². The molecule has 0 aromatic heterocycles. The minimum Gasteiger partial charge on any atom is -0.491 e. The van der Waals surface area contributed by atoms with Crippen molar-refractivity contribution in [2.24, 2.45) is 5.92 Å². The Hall–Kier alpha value is -0.753. The molecule has 1 aliphatic carbocycles. The third-order valence-electron chi connectivity index (χ3n) is 7.64. The second-order valence-electron chi connectivity index (χ2n) is 11.6. The number of nitrogens with zero attached hydrogens (tertiary/aromatic N) is 1. The van der Waals surface area contributed by atoms with Crippen LogP contribution in [0.15, 0.2) is 12.1 Å². The number of carbonyl (C=O) groups is 1. The summed E-state index contributed by atoms with van der Waals surface area (Å²) in [4.78, 5) is 15.4. The molecule has 1 unspecified atom stereocenters. The minimum atomic E-state index is -1.75. The lowest BCUT2D eigenvalue weighted by Gasteiger charge is -2.42. The molecule has 1 saturated carbocycles. The van der Waals surface area contributed by atoms with Crippen molar-refractivity contribution in [2.75, 3.05) is 6.54 Å². The van der Waals surface area contributed by atoms with Crippen molar-refractivity contribution in [3.8, 4) is 5.75 Å². The summed E-state index contributed by atoms with van der Waals surface area (Å²) < 4.78 is 12.4. The third kappa shape index (κ3) is 6.48. The Bertz CT molecular complexity index is 821. The topological polar surface area (TPSA) is 38.8 Å². The molecule has 1 heterocycles. The van der Waals surface area contributed by atoms with Gasteiger partial charge in [0.2, 0.25) is 5.91 Å². The van der Waals surface area contributed by atoms with E-state index in [-0.39, 0.29) is 23.0 Å². The van der Waals surface area contributed by atoms with Crippen LogP contribution in [0, 0.1) is 5.92 Å². The average molecular weight is 515 g/mol. The van der Waals surface area contributed by atoms with Gasteiger partial charge in [-0.15, -0.1) is 0 Å². The molecule has 0 bridgehead atoms. The van der Waals surface area contributed by atoms with Crippen molar-refractivity contribution < 1.29 is 14.0 Å². The standard InChI is InChI=1S/C26H41Cl2NO3Si/c1-17(2)31-21-15-23(27)22(24(28)16-21)14-18-12-13-29(25(18)30)19-8-10-20(11-9-19)32-33(6,7)26(3,4)5/h15-20H,8-14H2,1-7H3/t18?,19-,20+. The number of hydrogen-bond acceptors (Lipinski definition) is 3. The van der Waals surface area contributed by atoms with E-state index < -0.39 is 8.32 Å². The lowest BCUT2D eigenvalue weighted by molar-refractivity contribution is -0.133. The molecule has 1 atom stereocenters. The summed E-state index contributed by atoms with van der Waals surface area (Å²) in [6, 6.07) is 3.95. The zero-order valence-corrected chi connectivity index (χ0v) is 23.9. The predicted octanol–water partition coefficient (Wildman–Crippen LogP) is 7.50. The maximum absolute atomic E-state index is 13.3. The molecule has 2 aliphatic rings. The average Bonchev–Trinajstić information content (AvgIpc) is 3.04. The van der Waals surface area contributed by atoms with E-state index in [9.17, 15) is 4.79 Å². The van der Waals surface area contributed by atoms with Gasteiger partial charge in [-0.3, -0.25) is 4.79 Å². The fourth-order valence-corrected chi connectivity index (χ4v) is 6.79. The highest BCUT2D eigenvalue weighted by Crippen LogP contribution is 2.40. The molecule has 0 spiro atoms. The molecule has 0 N–H and O–H groups in total. The normalized spacial score (nSPS) is 24.6. The van der Waals surface area contributed by atoms with Gasteiger partial charge in [-0.25, -0.2) is 0 Å². The van der Waals surface area contributed by atoms with Crippen LogP contribution in [0.2, 0.25) is 28.2 Å². The van der Waals surface area contributed by atoms with Crippen LogP contribution in [0.3, 0.4) is 0 Å². The Morgan fingerprint density at radius 2 is 1.64 bits per heavy atom. The summed E-state index contributed by atoms with van der Waals surface area (Å²) in [6.45, 7) is 16.3. The Morgan fingerprint density at radius 1 is 1.06 bits per heavy atom. The molecule has 1 aromatic rings. The van der Waals surface area contributed by atoms with Crippen LogP contribution in [-0.2, 0) is 15.6 Å². The van der Waals surface area contributed by atoms with Crippen LogP contribution in [0.25, 0.3) is 0 Å². The van der Waals surface area contributed by atoms with Crippen molar-refractivity contribution in [3.05, 3.63) is 27.7 Å². The molecule has 4 nitrogen and oxygen atoms in total. The fraction of sp³-hybridized carbons (Fsp3) is 0.731. The smallest absolute Gasteiger partial charge is 0.226 e. The Kier molecular flexibility index (Phi) is 8.52. The SMILES string of the molecule is CC(C)Oc1cc(Cl)c(CC2CCN([C@H]3CC[C@@H](O[Si](C)(C)C(C)(C)C)CC3)C2=O)c(Cl)c1. The predicted molar refractivity (Wildman–Crippen MR) is 140 cm³/mol. The maximum Gasteiger partial charge on any atom is 0.226 e. The van der Waals surface area contributed by atoms with Gasteiger partial charge in [0.05, 0.1) is 6.10 Å². The van der Waals surface area contributed by atoms with Gasteiger partial charge >= 0.3 is 0 Å². The summed E-state index contributed by atoms with van der Waals surface area (Å²) in [6.07, 6.45) is 5.96. The molecule has 1 amide bonds. The lowest BCUT2D eigenvalue weighted by Crippen LogP contribution is -2.47. The zero-order valence-electron chi connectivity index (χ0n) is 21.3. The van der Waals surface area contributed by atoms with Gasteiger partial charge in [0, 0.05) is 34.7 Å². The van der Waals surface area contributed by atoms with Gasteiger partial charge < -0.3 is 14.1 Å². The highest BCUT2D eigenvalue weighted by atomic mass is 35.5. The van der Waals surface area contributed by atoms with Gasteiger partial charge in [-0.2, -0.15) is 0 Å². The number of amides is 1. The van der Waals surface area contributed by atoms with E-state index in [1.165, 1.54) is 0 Å². The monoisotopic (exact) mass is 513 g/mol. The minimum absolute atomic E-state index is 0.0512. The van der Waals surface area contributed by atoms with Crippen LogP contribution in [0.4, 0.5) is 0 Å². The van der Waals surface area contributed by atoms with Crippen LogP contribution in [0.1, 0.15) is 72.3 Å². The summed E-state index contributed by atoms with van der Waals surface area (Å²) in [5.74, 6) is 0.858. The zero-order chi connectivity index (χ0) is 24.6. The van der Waals surface area contributed by atoms with E-state index in [1.807, 2.05) is 26.0 Å². The highest BCUT2D eigenvalue weighted by molar-refractivity contribution is 6.74. The van der Waals surface area contributed by atoms with Gasteiger partial charge in [0.15, 0.2) is 8.32 Å². The molecule has 2 fully saturated rings. The number of halogens is 2. The Morgan fingerprint density at radius 3 is 2.15 bits per heavy atom. The number of benzene rings is 1. The van der Waals surface area contributed by atoms with Gasteiger partial charge in [0.25, 0.3) is 0 Å². The molecule has 1 aromatic carbocycles. The van der Waals surface area contributed by atoms with Crippen molar-refractivity contribution in [1.29, 1.82) is 0 Å². The molecule has 3 rings (SSSR count). The second kappa shape index (κ2) is 10.5. The highest BCUT2D eigenvalue weighted by Gasteiger charge is 2.42.